The number of benzene rings is 2. The predicted molar refractivity (Wildman–Crippen MR) is 116 cm³/mol. The molecular weight excluding hydrogens is 326 g/mol. The third-order valence-corrected chi connectivity index (χ3v) is 4.82. The van der Waals surface area contributed by atoms with E-state index in [2.05, 4.69) is 0 Å². The molecule has 140 valence electrons. The minimum Gasteiger partial charge on any atom is -0.201 e. The molecule has 0 saturated carbocycles. The van der Waals surface area contributed by atoms with Crippen LogP contribution in [0.3, 0.4) is 0 Å². The highest BCUT2D eigenvalue weighted by Crippen LogP contribution is 2.34. The van der Waals surface area contributed by atoms with E-state index in [0.29, 0.717) is 11.1 Å². The lowest BCUT2D eigenvalue weighted by atomic mass is 9.87. The molecule has 1 nitrogen and oxygen atoms in total. The topological polar surface area (TPSA) is 3.88 Å². The quantitative estimate of drug-likeness (QED) is 0.477. The first-order chi connectivity index (χ1) is 14.7. The average Bonchev–Trinajstić information content (AvgIpc) is 2.67. The zero-order valence-corrected chi connectivity index (χ0v) is 17.1. The van der Waals surface area contributed by atoms with E-state index in [9.17, 15) is 0 Å². The van der Waals surface area contributed by atoms with Gasteiger partial charge in [-0.3, -0.25) is 0 Å². The first kappa shape index (κ1) is 13.7. The fraction of sp³-hybridized carbons (Fsp3) is 0.346. The van der Waals surface area contributed by atoms with E-state index >= 15 is 0 Å². The van der Waals surface area contributed by atoms with Crippen LogP contribution in [0.2, 0.25) is 0 Å². The highest BCUT2D eigenvalue weighted by Gasteiger charge is 2.19. The van der Waals surface area contributed by atoms with Crippen molar-refractivity contribution in [2.45, 2.75) is 47.8 Å². The fourth-order valence-electron chi connectivity index (χ4n) is 3.56. The van der Waals surface area contributed by atoms with Crippen LogP contribution in [0.1, 0.15) is 49.9 Å². The van der Waals surface area contributed by atoms with Gasteiger partial charge in [-0.25, -0.2) is 4.57 Å². The second-order valence-electron chi connectivity index (χ2n) is 8.26. The summed E-state index contributed by atoms with van der Waals surface area (Å²) in [6, 6.07) is 15.1. The van der Waals surface area contributed by atoms with Gasteiger partial charge in [-0.1, -0.05) is 51.1 Å². The maximum atomic E-state index is 8.70. The van der Waals surface area contributed by atoms with Gasteiger partial charge in [-0.2, -0.15) is 0 Å². The van der Waals surface area contributed by atoms with Crippen molar-refractivity contribution in [2.75, 3.05) is 0 Å². The largest absolute Gasteiger partial charge is 0.212 e. The number of aromatic nitrogens is 1. The molecule has 0 aliphatic carbocycles. The zero-order chi connectivity index (χ0) is 24.1. The molecule has 0 N–H and O–H groups in total. The molecule has 0 saturated heterocycles. The molecule has 0 aliphatic rings. The second kappa shape index (κ2) is 7.31. The van der Waals surface area contributed by atoms with Gasteiger partial charge in [0.15, 0.2) is 6.20 Å². The molecule has 3 aromatic rings. The van der Waals surface area contributed by atoms with Crippen molar-refractivity contribution in [3.8, 4) is 22.4 Å². The van der Waals surface area contributed by atoms with E-state index < -0.39 is 18.6 Å². The summed E-state index contributed by atoms with van der Waals surface area (Å²) in [5, 5.41) is 0. The first-order valence-electron chi connectivity index (χ1n) is 11.9. The maximum absolute atomic E-state index is 8.70. The van der Waals surface area contributed by atoms with Crippen molar-refractivity contribution in [1.82, 2.24) is 0 Å². The summed E-state index contributed by atoms with van der Waals surface area (Å²) in [5.41, 5.74) is 5.78. The van der Waals surface area contributed by atoms with Gasteiger partial charge in [0.05, 0.1) is 0 Å². The minimum absolute atomic E-state index is 0.347. The molecule has 0 spiro atoms. The van der Waals surface area contributed by atoms with E-state index in [1.54, 1.807) is 12.1 Å². The molecule has 1 heteroatoms. The van der Waals surface area contributed by atoms with Crippen molar-refractivity contribution in [3.63, 3.8) is 0 Å². The number of aryl methyl sites for hydroxylation is 3. The Morgan fingerprint density at radius 2 is 1.63 bits per heavy atom. The van der Waals surface area contributed by atoms with Gasteiger partial charge < -0.3 is 0 Å². The Bertz CT molecular complexity index is 1150. The molecule has 0 bridgehead atoms. The molecule has 0 unspecified atom stereocenters. The summed E-state index contributed by atoms with van der Waals surface area (Å²) in [6.07, 6.45) is 0.383. The van der Waals surface area contributed by atoms with Gasteiger partial charge in [0, 0.05) is 24.5 Å². The Morgan fingerprint density at radius 3 is 2.33 bits per heavy atom. The van der Waals surface area contributed by atoms with Crippen LogP contribution in [0.4, 0.5) is 0 Å². The van der Waals surface area contributed by atoms with Crippen molar-refractivity contribution < 1.29 is 11.4 Å². The molecule has 3 rings (SSSR count). The van der Waals surface area contributed by atoms with Crippen molar-refractivity contribution in [3.05, 3.63) is 77.0 Å². The van der Waals surface area contributed by atoms with Crippen LogP contribution in [0, 0.1) is 26.1 Å². The lowest BCUT2D eigenvalue weighted by molar-refractivity contribution is -0.660. The van der Waals surface area contributed by atoms with Crippen LogP contribution < -0.4 is 4.57 Å². The fourth-order valence-corrected chi connectivity index (χ4v) is 3.56. The monoisotopic (exact) mass is 363 g/mol. The smallest absolute Gasteiger partial charge is 0.201 e. The summed E-state index contributed by atoms with van der Waals surface area (Å²) in [4.78, 5) is 0. The molecule has 27 heavy (non-hydrogen) atoms. The van der Waals surface area contributed by atoms with Crippen LogP contribution in [-0.4, -0.2) is 0 Å². The standard InChI is InChI=1S/C26H32N/c1-18-10-8-11-19(2)25(18)23-13-9-12-22(20(23)3)24-16-21(14-15-27(24)7)17-26(4,5)6/h8-16H,17H2,1-7H3/q+1/i1D3,17D2. The Morgan fingerprint density at radius 1 is 0.963 bits per heavy atom. The van der Waals surface area contributed by atoms with Crippen molar-refractivity contribution in [1.29, 1.82) is 0 Å². The Hall–Kier alpha value is -2.41. The minimum atomic E-state index is -2.21. The van der Waals surface area contributed by atoms with E-state index in [-0.39, 0.29) is 0 Å². The molecule has 0 aliphatic heterocycles. The number of nitrogens with zero attached hydrogens (tertiary/aromatic N) is 1. The van der Waals surface area contributed by atoms with Gasteiger partial charge in [0.1, 0.15) is 7.05 Å². The first-order valence-corrected chi connectivity index (χ1v) is 9.37. The molecule has 0 radical (unpaired) electrons. The normalized spacial score (nSPS) is 15.4. The predicted octanol–water partition coefficient (Wildman–Crippen LogP) is 6.36. The van der Waals surface area contributed by atoms with Crippen LogP contribution in [-0.2, 0) is 13.4 Å². The maximum Gasteiger partial charge on any atom is 0.212 e. The SMILES string of the molecule is [2H]C([2H])([2H])c1cccc(C)c1-c1cccc(-c2cc(C([2H])([2H])C(C)(C)C)cc[n+]2C)c1C. The molecule has 0 fully saturated rings. The summed E-state index contributed by atoms with van der Waals surface area (Å²) in [6.45, 7) is 7.44. The zero-order valence-electron chi connectivity index (χ0n) is 22.1. The molecule has 0 amide bonds. The lowest BCUT2D eigenvalue weighted by Gasteiger charge is -2.18. The van der Waals surface area contributed by atoms with E-state index in [1.807, 2.05) is 88.8 Å². The second-order valence-corrected chi connectivity index (χ2v) is 8.26. The van der Waals surface area contributed by atoms with Crippen LogP contribution in [0.15, 0.2) is 54.7 Å². The lowest BCUT2D eigenvalue weighted by Crippen LogP contribution is -2.31. The summed E-state index contributed by atoms with van der Waals surface area (Å²) >= 11 is 0. The molecule has 2 aromatic carbocycles. The highest BCUT2D eigenvalue weighted by atomic mass is 14.9. The molecular formula is C26H32N+. The Balaban J connectivity index is 2.26. The number of rotatable bonds is 3. The number of hydrogen-bond donors (Lipinski definition) is 0. The Labute approximate surface area is 171 Å². The van der Waals surface area contributed by atoms with Crippen molar-refractivity contribution >= 4 is 0 Å². The molecule has 0 atom stereocenters. The van der Waals surface area contributed by atoms with E-state index in [4.69, 9.17) is 6.85 Å². The summed E-state index contributed by atoms with van der Waals surface area (Å²) < 4.78 is 43.5. The van der Waals surface area contributed by atoms with Crippen molar-refractivity contribution in [2.24, 2.45) is 12.5 Å². The number of pyridine rings is 1. The van der Waals surface area contributed by atoms with Crippen LogP contribution >= 0.6 is 0 Å². The van der Waals surface area contributed by atoms with E-state index in [0.717, 1.165) is 33.5 Å². The van der Waals surface area contributed by atoms with Gasteiger partial charge >= 0.3 is 0 Å². The van der Waals surface area contributed by atoms with Gasteiger partial charge in [0.2, 0.25) is 5.69 Å². The summed E-state index contributed by atoms with van der Waals surface area (Å²) in [7, 11) is 1.94. The van der Waals surface area contributed by atoms with Crippen LogP contribution in [0.25, 0.3) is 22.4 Å². The molecule has 1 heterocycles. The molecule has 1 aromatic heterocycles. The average molecular weight is 364 g/mol. The summed E-state index contributed by atoms with van der Waals surface area (Å²) in [5.74, 6) is 0. The van der Waals surface area contributed by atoms with Gasteiger partial charge in [0.25, 0.3) is 0 Å². The third-order valence-electron chi connectivity index (χ3n) is 4.82. The highest BCUT2D eigenvalue weighted by molar-refractivity contribution is 5.79. The number of hydrogen-bond acceptors (Lipinski definition) is 0. The van der Waals surface area contributed by atoms with E-state index in [1.165, 1.54) is 0 Å². The van der Waals surface area contributed by atoms with Gasteiger partial charge in [-0.05, 0) is 71.9 Å². The van der Waals surface area contributed by atoms with Crippen LogP contribution in [0.5, 0.6) is 0 Å². The van der Waals surface area contributed by atoms with Gasteiger partial charge in [-0.15, -0.1) is 0 Å². The Kier molecular flexibility index (Phi) is 3.71. The third kappa shape index (κ3) is 4.13.